The molecular weight excluding hydrogens is 358 g/mol. The summed E-state index contributed by atoms with van der Waals surface area (Å²) in [6.07, 6.45) is 25.4. The first-order valence-electron chi connectivity index (χ1n) is 9.78. The second-order valence-electron chi connectivity index (χ2n) is 7.17. The van der Waals surface area contributed by atoms with Gasteiger partial charge in [-0.15, -0.1) is 0 Å². The quantitative estimate of drug-likeness (QED) is 0.350. The lowest BCUT2D eigenvalue weighted by atomic mass is 9.83. The van der Waals surface area contributed by atoms with E-state index in [1.54, 1.807) is 0 Å². The van der Waals surface area contributed by atoms with E-state index in [1.165, 1.54) is 35.5 Å². The smallest absolute Gasteiger partial charge is 0.0403 e. The molecule has 0 saturated heterocycles. The Bertz CT molecular complexity index is 602. The molecule has 0 atom stereocenters. The third-order valence-electron chi connectivity index (χ3n) is 4.85. The van der Waals surface area contributed by atoms with Gasteiger partial charge in [-0.2, -0.15) is 0 Å². The van der Waals surface area contributed by atoms with Crippen LogP contribution >= 0.6 is 23.4 Å². The molecule has 3 heteroatoms. The predicted octanol–water partition coefficient (Wildman–Crippen LogP) is 7.12. The summed E-state index contributed by atoms with van der Waals surface area (Å²) in [6, 6.07) is 0. The molecule has 1 saturated carbocycles. The highest BCUT2D eigenvalue weighted by atomic mass is 35.5. The molecule has 0 spiro atoms. The summed E-state index contributed by atoms with van der Waals surface area (Å²) in [6.45, 7) is 6.49. The van der Waals surface area contributed by atoms with Gasteiger partial charge in [0.15, 0.2) is 0 Å². The Balaban J connectivity index is 1.87. The Labute approximate surface area is 169 Å². The Morgan fingerprint density at radius 2 is 2.04 bits per heavy atom. The number of thioether (sulfide) groups is 1. The van der Waals surface area contributed by atoms with Crippen LogP contribution in [0, 0.1) is 11.8 Å². The molecule has 2 rings (SSSR count). The average Bonchev–Trinajstić information content (AvgIpc) is 2.84. The summed E-state index contributed by atoms with van der Waals surface area (Å²) in [5, 5.41) is 4.43. The zero-order chi connectivity index (χ0) is 18.6. The van der Waals surface area contributed by atoms with E-state index in [4.69, 9.17) is 11.6 Å². The summed E-state index contributed by atoms with van der Waals surface area (Å²) >= 11 is 7.91. The molecule has 0 heterocycles. The molecule has 0 bridgehead atoms. The summed E-state index contributed by atoms with van der Waals surface area (Å²) in [5.41, 5.74) is 0. The molecule has 0 radical (unpaired) electrons. The lowest BCUT2D eigenvalue weighted by Gasteiger charge is -2.26. The normalized spacial score (nSPS) is 24.8. The van der Waals surface area contributed by atoms with Gasteiger partial charge < -0.3 is 5.32 Å². The van der Waals surface area contributed by atoms with E-state index in [9.17, 15) is 0 Å². The number of halogens is 1. The molecule has 0 aromatic carbocycles. The lowest BCUT2D eigenvalue weighted by Crippen LogP contribution is -2.26. The van der Waals surface area contributed by atoms with Crippen LogP contribution in [0.4, 0.5) is 0 Å². The van der Waals surface area contributed by atoms with E-state index < -0.39 is 0 Å². The van der Waals surface area contributed by atoms with Crippen molar-refractivity contribution in [1.29, 1.82) is 0 Å². The minimum atomic E-state index is 0.791. The first-order valence-corrected chi connectivity index (χ1v) is 11.0. The Kier molecular flexibility index (Phi) is 10.2. The fourth-order valence-corrected chi connectivity index (χ4v) is 4.29. The van der Waals surface area contributed by atoms with E-state index in [1.807, 2.05) is 30.8 Å². The fourth-order valence-electron chi connectivity index (χ4n) is 3.21. The van der Waals surface area contributed by atoms with Gasteiger partial charge in [0.25, 0.3) is 0 Å². The standard InChI is InChI=1S/C23H32ClNS/c1-3-4-5-8-23(26-22-9-6-7-21(24)14-15-22)16-17-25-18-20-12-10-19(2)11-13-20/h3-8,14-16,19-20,25H,9-13,17-18H2,1-2H3/b4-3-,8-5-,23-16-. The minimum absolute atomic E-state index is 0.791. The zero-order valence-corrected chi connectivity index (χ0v) is 17.7. The largest absolute Gasteiger partial charge is 0.313 e. The third-order valence-corrected chi connectivity index (χ3v) is 6.21. The summed E-state index contributed by atoms with van der Waals surface area (Å²) in [5.74, 6) is 1.78. The molecule has 1 fully saturated rings. The van der Waals surface area contributed by atoms with Crippen molar-refractivity contribution in [2.45, 2.75) is 46.0 Å². The predicted molar refractivity (Wildman–Crippen MR) is 119 cm³/mol. The molecule has 26 heavy (non-hydrogen) atoms. The van der Waals surface area contributed by atoms with E-state index in [0.717, 1.165) is 36.4 Å². The summed E-state index contributed by atoms with van der Waals surface area (Å²) < 4.78 is 0. The van der Waals surface area contributed by atoms with Gasteiger partial charge in [0.1, 0.15) is 0 Å². The van der Waals surface area contributed by atoms with Gasteiger partial charge >= 0.3 is 0 Å². The molecular formula is C23H32ClNS. The van der Waals surface area contributed by atoms with E-state index in [-0.39, 0.29) is 0 Å². The summed E-state index contributed by atoms with van der Waals surface area (Å²) in [4.78, 5) is 2.59. The second-order valence-corrected chi connectivity index (χ2v) is 8.80. The van der Waals surface area contributed by atoms with Crippen LogP contribution in [0.5, 0.6) is 0 Å². The number of allylic oxidation sites excluding steroid dienone is 10. The van der Waals surface area contributed by atoms with Gasteiger partial charge in [-0.25, -0.2) is 0 Å². The molecule has 1 N–H and O–H groups in total. The Morgan fingerprint density at radius 1 is 1.23 bits per heavy atom. The van der Waals surface area contributed by atoms with Gasteiger partial charge in [-0.1, -0.05) is 79.6 Å². The molecule has 2 aliphatic carbocycles. The van der Waals surface area contributed by atoms with Crippen molar-refractivity contribution in [1.82, 2.24) is 5.32 Å². The number of rotatable bonds is 8. The number of hydrogen-bond acceptors (Lipinski definition) is 2. The van der Waals surface area contributed by atoms with Gasteiger partial charge in [0.2, 0.25) is 0 Å². The van der Waals surface area contributed by atoms with Gasteiger partial charge in [-0.05, 0) is 67.7 Å². The maximum atomic E-state index is 6.08. The number of hydrogen-bond donors (Lipinski definition) is 1. The lowest BCUT2D eigenvalue weighted by molar-refractivity contribution is 0.284. The van der Waals surface area contributed by atoms with E-state index >= 15 is 0 Å². The van der Waals surface area contributed by atoms with Gasteiger partial charge in [0, 0.05) is 16.5 Å². The molecule has 0 aliphatic heterocycles. The van der Waals surface area contributed by atoms with E-state index in [2.05, 4.69) is 54.8 Å². The fraction of sp³-hybridized carbons (Fsp3) is 0.478. The van der Waals surface area contributed by atoms with Crippen molar-refractivity contribution in [2.24, 2.45) is 11.8 Å². The molecule has 142 valence electrons. The monoisotopic (exact) mass is 389 g/mol. The molecule has 2 aliphatic rings. The molecule has 1 nitrogen and oxygen atoms in total. The third kappa shape index (κ3) is 8.62. The van der Waals surface area contributed by atoms with Crippen LogP contribution in [-0.2, 0) is 0 Å². The van der Waals surface area contributed by atoms with Crippen LogP contribution < -0.4 is 5.32 Å². The van der Waals surface area contributed by atoms with Crippen LogP contribution in [0.2, 0.25) is 0 Å². The van der Waals surface area contributed by atoms with Crippen LogP contribution in [0.3, 0.4) is 0 Å². The topological polar surface area (TPSA) is 12.0 Å². The Morgan fingerprint density at radius 3 is 2.81 bits per heavy atom. The molecule has 0 aromatic heterocycles. The van der Waals surface area contributed by atoms with Crippen molar-refractivity contribution in [2.75, 3.05) is 13.1 Å². The van der Waals surface area contributed by atoms with Crippen molar-refractivity contribution in [3.8, 4) is 0 Å². The van der Waals surface area contributed by atoms with Gasteiger partial charge in [-0.3, -0.25) is 0 Å². The van der Waals surface area contributed by atoms with Crippen molar-refractivity contribution in [3.63, 3.8) is 0 Å². The van der Waals surface area contributed by atoms with Crippen LogP contribution in [0.1, 0.15) is 46.0 Å². The molecule has 0 aromatic rings. The second kappa shape index (κ2) is 12.4. The SMILES string of the molecule is C\C=C/C=C\C(=C\CNCC1CCC(C)CC1)SC1=CC=C(Cl)C=CC1. The van der Waals surface area contributed by atoms with Crippen LogP contribution in [0.15, 0.2) is 69.5 Å². The van der Waals surface area contributed by atoms with Crippen molar-refractivity contribution >= 4 is 23.4 Å². The van der Waals surface area contributed by atoms with Crippen molar-refractivity contribution in [3.05, 3.63) is 69.5 Å². The first-order chi connectivity index (χ1) is 12.7. The maximum Gasteiger partial charge on any atom is 0.0403 e. The highest BCUT2D eigenvalue weighted by Gasteiger charge is 2.17. The van der Waals surface area contributed by atoms with Crippen molar-refractivity contribution < 1.29 is 0 Å². The summed E-state index contributed by atoms with van der Waals surface area (Å²) in [7, 11) is 0. The van der Waals surface area contributed by atoms with E-state index in [0.29, 0.717) is 0 Å². The first kappa shape index (κ1) is 21.3. The molecule has 0 unspecified atom stereocenters. The highest BCUT2D eigenvalue weighted by Crippen LogP contribution is 2.31. The van der Waals surface area contributed by atoms with Crippen LogP contribution in [0.25, 0.3) is 0 Å². The maximum absolute atomic E-state index is 6.08. The van der Waals surface area contributed by atoms with Crippen LogP contribution in [-0.4, -0.2) is 13.1 Å². The van der Waals surface area contributed by atoms with Gasteiger partial charge in [0.05, 0.1) is 0 Å². The Hall–Kier alpha value is -0.960. The average molecular weight is 390 g/mol. The number of nitrogens with one attached hydrogen (secondary N) is 1. The molecule has 0 amide bonds. The zero-order valence-electron chi connectivity index (χ0n) is 16.1. The minimum Gasteiger partial charge on any atom is -0.313 e. The highest BCUT2D eigenvalue weighted by molar-refractivity contribution is 8.06.